The van der Waals surface area contributed by atoms with Crippen molar-refractivity contribution >= 4 is 23.6 Å². The second-order valence-electron chi connectivity index (χ2n) is 6.31. The minimum absolute atomic E-state index is 0.0625. The molecule has 6 nitrogen and oxygen atoms in total. The molecule has 0 bridgehead atoms. The van der Waals surface area contributed by atoms with Crippen molar-refractivity contribution in [1.29, 1.82) is 5.41 Å². The summed E-state index contributed by atoms with van der Waals surface area (Å²) in [4.78, 5) is 11.7. The van der Waals surface area contributed by atoms with Crippen molar-refractivity contribution < 1.29 is 13.2 Å². The van der Waals surface area contributed by atoms with Gasteiger partial charge in [-0.3, -0.25) is 0 Å². The van der Waals surface area contributed by atoms with Crippen molar-refractivity contribution in [3.05, 3.63) is 58.8 Å². The smallest absolute Gasteiger partial charge is 0.363 e. The molecule has 0 aliphatic heterocycles. The molecule has 3 aromatic rings. The molecule has 2 N–H and O–H groups in total. The van der Waals surface area contributed by atoms with Crippen LogP contribution in [0.3, 0.4) is 0 Å². The molecule has 0 saturated carbocycles. The molecule has 1 atom stereocenters. The van der Waals surface area contributed by atoms with Crippen molar-refractivity contribution in [2.75, 3.05) is 5.32 Å². The normalized spacial score (nSPS) is 12.6. The highest BCUT2D eigenvalue weighted by molar-refractivity contribution is 6.28. The maximum absolute atomic E-state index is 13.0. The lowest BCUT2D eigenvalue weighted by atomic mass is 10.1. The quantitative estimate of drug-likeness (QED) is 0.422. The Morgan fingerprint density at radius 1 is 1.24 bits per heavy atom. The van der Waals surface area contributed by atoms with Gasteiger partial charge in [0.05, 0.1) is 5.56 Å². The molecule has 0 fully saturated rings. The summed E-state index contributed by atoms with van der Waals surface area (Å²) in [6.07, 6.45) is -0.898. The molecule has 29 heavy (non-hydrogen) atoms. The molecule has 10 heteroatoms. The molecular weight excluding hydrogens is 405 g/mol. The summed E-state index contributed by atoms with van der Waals surface area (Å²) in [6.45, 7) is 4.03. The second kappa shape index (κ2) is 8.20. The highest BCUT2D eigenvalue weighted by Gasteiger charge is 2.34. The molecule has 2 heterocycles. The first-order chi connectivity index (χ1) is 13.7. The van der Waals surface area contributed by atoms with Crippen molar-refractivity contribution in [2.24, 2.45) is 0 Å². The van der Waals surface area contributed by atoms with E-state index >= 15 is 0 Å². The molecule has 0 amide bonds. The van der Waals surface area contributed by atoms with Crippen molar-refractivity contribution in [3.8, 4) is 11.4 Å². The van der Waals surface area contributed by atoms with E-state index in [1.165, 1.54) is 10.8 Å². The average Bonchev–Trinajstić information content (AvgIpc) is 3.13. The van der Waals surface area contributed by atoms with Gasteiger partial charge in [-0.1, -0.05) is 24.3 Å². The van der Waals surface area contributed by atoms with Crippen LogP contribution in [0, 0.1) is 5.41 Å². The van der Waals surface area contributed by atoms with Crippen molar-refractivity contribution in [3.63, 3.8) is 0 Å². The molecule has 0 spiro atoms. The second-order valence-corrected chi connectivity index (χ2v) is 6.65. The number of imidazole rings is 1. The van der Waals surface area contributed by atoms with Crippen LogP contribution in [0.1, 0.15) is 36.7 Å². The number of hydrogen-bond donors (Lipinski definition) is 2. The number of nitrogens with zero attached hydrogens (tertiary/aromatic N) is 4. The Morgan fingerprint density at radius 3 is 2.52 bits per heavy atom. The zero-order chi connectivity index (χ0) is 21.2. The van der Waals surface area contributed by atoms with E-state index in [9.17, 15) is 13.2 Å². The van der Waals surface area contributed by atoms with Gasteiger partial charge in [-0.15, -0.1) is 0 Å². The van der Waals surface area contributed by atoms with E-state index in [-0.39, 0.29) is 17.1 Å². The third-order valence-electron chi connectivity index (χ3n) is 4.37. The van der Waals surface area contributed by atoms with Gasteiger partial charge in [-0.05, 0) is 31.0 Å². The van der Waals surface area contributed by atoms with Gasteiger partial charge in [0.15, 0.2) is 5.69 Å². The number of benzene rings is 1. The summed E-state index contributed by atoms with van der Waals surface area (Å²) < 4.78 is 40.4. The standard InChI is InChI=1S/C19H18ClF3N6/c1-3-29-10-15(19(21,22)23)27-17(29)13-6-4-12(5-7-13)11(2)26-16-14(8-24)9-25-18(20)28-16/h4-11,24H,3H2,1-2H3,(H,25,26,28)/t11-/m0/s1. The zero-order valence-corrected chi connectivity index (χ0v) is 16.4. The highest BCUT2D eigenvalue weighted by Crippen LogP contribution is 2.31. The Bertz CT molecular complexity index is 1010. The number of hydrogen-bond acceptors (Lipinski definition) is 5. The van der Waals surface area contributed by atoms with Gasteiger partial charge in [0.2, 0.25) is 5.28 Å². The summed E-state index contributed by atoms with van der Waals surface area (Å²) >= 11 is 5.83. The van der Waals surface area contributed by atoms with Crippen LogP contribution in [-0.2, 0) is 12.7 Å². The molecule has 0 aliphatic rings. The highest BCUT2D eigenvalue weighted by atomic mass is 35.5. The molecule has 1 aromatic carbocycles. The van der Waals surface area contributed by atoms with Crippen LogP contribution in [0.5, 0.6) is 0 Å². The number of halogens is 4. The van der Waals surface area contributed by atoms with Crippen LogP contribution in [0.4, 0.5) is 19.0 Å². The Morgan fingerprint density at radius 2 is 1.93 bits per heavy atom. The fourth-order valence-electron chi connectivity index (χ4n) is 2.82. The van der Waals surface area contributed by atoms with Gasteiger partial charge in [0.1, 0.15) is 11.6 Å². The summed E-state index contributed by atoms with van der Waals surface area (Å²) in [5.74, 6) is 0.689. The largest absolute Gasteiger partial charge is 0.434 e. The van der Waals surface area contributed by atoms with Gasteiger partial charge in [-0.2, -0.15) is 13.2 Å². The Hall–Kier alpha value is -2.94. The Balaban J connectivity index is 1.85. The van der Waals surface area contributed by atoms with Crippen LogP contribution in [0.25, 0.3) is 11.4 Å². The van der Waals surface area contributed by atoms with Crippen LogP contribution in [0.2, 0.25) is 5.28 Å². The van der Waals surface area contributed by atoms with Crippen LogP contribution >= 0.6 is 11.6 Å². The van der Waals surface area contributed by atoms with Crippen LogP contribution < -0.4 is 5.32 Å². The number of aromatic nitrogens is 4. The molecule has 0 radical (unpaired) electrons. The lowest BCUT2D eigenvalue weighted by Gasteiger charge is -2.17. The summed E-state index contributed by atoms with van der Waals surface area (Å²) in [5.41, 5.74) is 1.05. The number of rotatable bonds is 6. The first-order valence-electron chi connectivity index (χ1n) is 8.77. The third-order valence-corrected chi connectivity index (χ3v) is 4.56. The van der Waals surface area contributed by atoms with Crippen LogP contribution in [-0.4, -0.2) is 25.7 Å². The van der Waals surface area contributed by atoms with E-state index in [0.717, 1.165) is 18.0 Å². The van der Waals surface area contributed by atoms with E-state index in [0.29, 0.717) is 23.5 Å². The van der Waals surface area contributed by atoms with Crippen molar-refractivity contribution in [1.82, 2.24) is 19.5 Å². The summed E-state index contributed by atoms with van der Waals surface area (Å²) in [5, 5.41) is 10.7. The van der Waals surface area contributed by atoms with E-state index in [1.807, 2.05) is 19.1 Å². The minimum Gasteiger partial charge on any atom is -0.363 e. The van der Waals surface area contributed by atoms with Gasteiger partial charge < -0.3 is 15.3 Å². The number of alkyl halides is 3. The minimum atomic E-state index is -4.49. The molecule has 0 unspecified atom stereocenters. The first-order valence-corrected chi connectivity index (χ1v) is 9.15. The monoisotopic (exact) mass is 422 g/mol. The van der Waals surface area contributed by atoms with Gasteiger partial charge in [-0.25, -0.2) is 15.0 Å². The predicted molar refractivity (Wildman–Crippen MR) is 105 cm³/mol. The van der Waals surface area contributed by atoms with Crippen molar-refractivity contribution in [2.45, 2.75) is 32.6 Å². The average molecular weight is 423 g/mol. The lowest BCUT2D eigenvalue weighted by molar-refractivity contribution is -0.140. The van der Waals surface area contributed by atoms with E-state index < -0.39 is 11.9 Å². The molecular formula is C19H18ClF3N6. The fourth-order valence-corrected chi connectivity index (χ4v) is 2.96. The topological polar surface area (TPSA) is 79.5 Å². The van der Waals surface area contributed by atoms with E-state index in [2.05, 4.69) is 20.3 Å². The maximum atomic E-state index is 13.0. The molecule has 152 valence electrons. The first kappa shape index (κ1) is 20.8. The predicted octanol–water partition coefficient (Wildman–Crippen LogP) is 5.20. The van der Waals surface area contributed by atoms with Gasteiger partial charge in [0.25, 0.3) is 0 Å². The fraction of sp³-hybridized carbons (Fsp3) is 0.263. The lowest BCUT2D eigenvalue weighted by Crippen LogP contribution is -2.10. The number of anilines is 1. The number of nitrogens with one attached hydrogen (secondary N) is 2. The summed E-state index contributed by atoms with van der Waals surface area (Å²) in [6, 6.07) is 6.88. The molecule has 0 saturated heterocycles. The van der Waals surface area contributed by atoms with E-state index in [1.54, 1.807) is 19.1 Å². The van der Waals surface area contributed by atoms with E-state index in [4.69, 9.17) is 17.0 Å². The number of aryl methyl sites for hydroxylation is 1. The van der Waals surface area contributed by atoms with Crippen LogP contribution in [0.15, 0.2) is 36.7 Å². The maximum Gasteiger partial charge on any atom is 0.434 e. The van der Waals surface area contributed by atoms with Gasteiger partial charge in [0, 0.05) is 36.8 Å². The zero-order valence-electron chi connectivity index (χ0n) is 15.6. The Labute approximate surface area is 170 Å². The molecule has 3 rings (SSSR count). The Kier molecular flexibility index (Phi) is 5.88. The summed E-state index contributed by atoms with van der Waals surface area (Å²) in [7, 11) is 0. The van der Waals surface area contributed by atoms with Gasteiger partial charge >= 0.3 is 6.18 Å². The molecule has 0 aliphatic carbocycles. The SMILES string of the molecule is CCn1cc(C(F)(F)F)nc1-c1ccc([C@H](C)Nc2nc(Cl)ncc2C=N)cc1. The third kappa shape index (κ3) is 4.56. The molecule has 2 aromatic heterocycles.